The van der Waals surface area contributed by atoms with Gasteiger partial charge in [0.2, 0.25) is 0 Å². The van der Waals surface area contributed by atoms with Crippen LogP contribution in [0.15, 0.2) is 47.6 Å². The Kier molecular flexibility index (Phi) is 2.65. The summed E-state index contributed by atoms with van der Waals surface area (Å²) in [5.41, 5.74) is 2.93. The maximum absolute atomic E-state index is 12.3. The van der Waals surface area contributed by atoms with Crippen LogP contribution in [0.3, 0.4) is 0 Å². The summed E-state index contributed by atoms with van der Waals surface area (Å²) < 4.78 is 0. The van der Waals surface area contributed by atoms with Gasteiger partial charge in [0.05, 0.1) is 0 Å². The third-order valence-electron chi connectivity index (χ3n) is 6.64. The Hall–Kier alpha value is -1.70. The second-order valence-electron chi connectivity index (χ2n) is 7.81. The molecule has 0 bridgehead atoms. The number of hydrogen-bond donors (Lipinski definition) is 0. The van der Waals surface area contributed by atoms with Crippen LogP contribution >= 0.6 is 0 Å². The molecule has 1 saturated carbocycles. The molecule has 0 saturated heterocycles. The largest absolute Gasteiger partial charge is 0.299 e. The normalized spacial score (nSPS) is 43.3. The molecule has 0 aromatic carbocycles. The highest BCUT2D eigenvalue weighted by atomic mass is 16.1. The molecule has 0 radical (unpaired) electrons. The molecule has 4 atom stereocenters. The lowest BCUT2D eigenvalue weighted by molar-refractivity contribution is -0.126. The third kappa shape index (κ3) is 1.56. The molecule has 1 fully saturated rings. The quantitative estimate of drug-likeness (QED) is 0.501. The maximum Gasteiger partial charge on any atom is 0.181 e. The van der Waals surface area contributed by atoms with Crippen molar-refractivity contribution >= 4 is 11.6 Å². The minimum absolute atomic E-state index is 0.0628. The first-order valence-corrected chi connectivity index (χ1v) is 8.22. The second-order valence-corrected chi connectivity index (χ2v) is 7.81. The molecular weight excluding hydrogens is 272 g/mol. The molecule has 4 aliphatic rings. The van der Waals surface area contributed by atoms with Crippen molar-refractivity contribution < 1.29 is 9.59 Å². The fraction of sp³-hybridized carbons (Fsp3) is 0.500. The summed E-state index contributed by atoms with van der Waals surface area (Å²) in [5, 5.41) is 0. The third-order valence-corrected chi connectivity index (χ3v) is 6.64. The number of allylic oxidation sites excluding steroid dienone is 7. The van der Waals surface area contributed by atoms with Crippen LogP contribution in [0.2, 0.25) is 0 Å². The number of hydrogen-bond acceptors (Lipinski definition) is 2. The zero-order valence-electron chi connectivity index (χ0n) is 13.3. The van der Waals surface area contributed by atoms with Crippen molar-refractivity contribution in [1.82, 2.24) is 0 Å². The lowest BCUT2D eigenvalue weighted by atomic mass is 9.54. The van der Waals surface area contributed by atoms with E-state index in [1.807, 2.05) is 0 Å². The molecule has 0 aromatic heterocycles. The minimum Gasteiger partial charge on any atom is -0.299 e. The van der Waals surface area contributed by atoms with Crippen LogP contribution in [0.4, 0.5) is 0 Å². The van der Waals surface area contributed by atoms with Gasteiger partial charge in [-0.2, -0.15) is 0 Å². The van der Waals surface area contributed by atoms with E-state index in [2.05, 4.69) is 38.7 Å². The Balaban J connectivity index is 1.85. The Labute approximate surface area is 131 Å². The van der Waals surface area contributed by atoms with E-state index in [0.29, 0.717) is 29.6 Å². The van der Waals surface area contributed by atoms with Gasteiger partial charge in [-0.3, -0.25) is 9.59 Å². The fourth-order valence-electron chi connectivity index (χ4n) is 5.17. The SMILES string of the molecule is C=C1C[C@@]2(C)C(=CC1=O)C=C[C@@H]1C2=CC[C@]2(C)C(=O)CC[C@@H]12. The summed E-state index contributed by atoms with van der Waals surface area (Å²) in [5.74, 6) is 1.25. The van der Waals surface area contributed by atoms with E-state index in [4.69, 9.17) is 0 Å². The van der Waals surface area contributed by atoms with Gasteiger partial charge in [0.25, 0.3) is 0 Å². The molecule has 114 valence electrons. The number of rotatable bonds is 0. The highest BCUT2D eigenvalue weighted by Gasteiger charge is 2.54. The molecule has 2 nitrogen and oxygen atoms in total. The van der Waals surface area contributed by atoms with E-state index in [1.165, 1.54) is 5.57 Å². The van der Waals surface area contributed by atoms with Crippen LogP contribution < -0.4 is 0 Å². The number of ketones is 2. The van der Waals surface area contributed by atoms with Crippen LogP contribution in [-0.4, -0.2) is 11.6 Å². The van der Waals surface area contributed by atoms with Crippen molar-refractivity contribution in [2.45, 2.75) is 39.5 Å². The van der Waals surface area contributed by atoms with E-state index in [-0.39, 0.29) is 16.6 Å². The van der Waals surface area contributed by atoms with Gasteiger partial charge in [-0.15, -0.1) is 0 Å². The van der Waals surface area contributed by atoms with Gasteiger partial charge in [0, 0.05) is 23.2 Å². The average molecular weight is 294 g/mol. The van der Waals surface area contributed by atoms with Gasteiger partial charge in [-0.1, -0.05) is 44.2 Å². The molecule has 0 aromatic rings. The van der Waals surface area contributed by atoms with E-state index >= 15 is 0 Å². The minimum atomic E-state index is -0.183. The molecule has 4 aliphatic carbocycles. The number of carbonyl (C=O) groups is 2. The zero-order valence-corrected chi connectivity index (χ0v) is 13.3. The monoisotopic (exact) mass is 294 g/mol. The predicted molar refractivity (Wildman–Crippen MR) is 86.1 cm³/mol. The first-order chi connectivity index (χ1) is 10.4. The van der Waals surface area contributed by atoms with Gasteiger partial charge in [0.15, 0.2) is 5.78 Å². The Morgan fingerprint density at radius 3 is 2.82 bits per heavy atom. The molecule has 2 heteroatoms. The molecule has 0 heterocycles. The first kappa shape index (κ1) is 13.9. The molecule has 0 amide bonds. The van der Waals surface area contributed by atoms with Gasteiger partial charge < -0.3 is 0 Å². The smallest absolute Gasteiger partial charge is 0.181 e. The fourth-order valence-corrected chi connectivity index (χ4v) is 5.17. The average Bonchev–Trinajstić information content (AvgIpc) is 2.77. The van der Waals surface area contributed by atoms with Crippen LogP contribution in [0.1, 0.15) is 39.5 Å². The van der Waals surface area contributed by atoms with Crippen molar-refractivity contribution in [3.63, 3.8) is 0 Å². The lowest BCUT2D eigenvalue weighted by Crippen LogP contribution is -2.43. The number of Topliss-reactive ketones (excluding diaryl/α,β-unsaturated/α-hetero) is 1. The summed E-state index contributed by atoms with van der Waals surface area (Å²) in [6.07, 6.45) is 11.7. The van der Waals surface area contributed by atoms with Crippen LogP contribution in [-0.2, 0) is 9.59 Å². The summed E-state index contributed by atoms with van der Waals surface area (Å²) in [4.78, 5) is 24.3. The molecule has 0 aliphatic heterocycles. The van der Waals surface area contributed by atoms with Crippen LogP contribution in [0.25, 0.3) is 0 Å². The van der Waals surface area contributed by atoms with Crippen LogP contribution in [0.5, 0.6) is 0 Å². The lowest BCUT2D eigenvalue weighted by Gasteiger charge is -2.49. The van der Waals surface area contributed by atoms with Crippen molar-refractivity contribution in [2.24, 2.45) is 22.7 Å². The van der Waals surface area contributed by atoms with Crippen molar-refractivity contribution in [1.29, 1.82) is 0 Å². The summed E-state index contributed by atoms with van der Waals surface area (Å²) in [6, 6.07) is 0. The molecule has 0 N–H and O–H groups in total. The van der Waals surface area contributed by atoms with Gasteiger partial charge >= 0.3 is 0 Å². The van der Waals surface area contributed by atoms with E-state index < -0.39 is 0 Å². The zero-order chi connectivity index (χ0) is 15.7. The molecule has 4 rings (SSSR count). The second kappa shape index (κ2) is 4.18. The highest BCUT2D eigenvalue weighted by Crippen LogP contribution is 2.60. The topological polar surface area (TPSA) is 34.1 Å². The van der Waals surface area contributed by atoms with Gasteiger partial charge in [-0.25, -0.2) is 0 Å². The van der Waals surface area contributed by atoms with Crippen molar-refractivity contribution in [2.75, 3.05) is 0 Å². The summed E-state index contributed by atoms with van der Waals surface area (Å²) >= 11 is 0. The Morgan fingerprint density at radius 1 is 1.27 bits per heavy atom. The standard InChI is InChI=1S/C20H22O2/c1-12-11-20(3)13(10-17(12)21)4-5-14-15-6-7-18(22)19(15,2)9-8-16(14)20/h4-5,8,10,14-15H,1,6-7,9,11H2,2-3H3/t14-,15-,19-,20-/m0/s1. The van der Waals surface area contributed by atoms with Gasteiger partial charge in [0.1, 0.15) is 5.78 Å². The van der Waals surface area contributed by atoms with Crippen molar-refractivity contribution in [3.05, 3.63) is 47.6 Å². The predicted octanol–water partition coefficient (Wildman–Crippen LogP) is 3.95. The van der Waals surface area contributed by atoms with E-state index in [9.17, 15) is 9.59 Å². The summed E-state index contributed by atoms with van der Waals surface area (Å²) in [6.45, 7) is 8.34. The maximum atomic E-state index is 12.3. The van der Waals surface area contributed by atoms with Crippen molar-refractivity contribution in [3.8, 4) is 0 Å². The Bertz CT molecular complexity index is 705. The highest BCUT2D eigenvalue weighted by molar-refractivity contribution is 6.06. The molecule has 0 spiro atoms. The van der Waals surface area contributed by atoms with E-state index in [0.717, 1.165) is 24.8 Å². The molecule has 0 unspecified atom stereocenters. The van der Waals surface area contributed by atoms with Gasteiger partial charge in [-0.05, 0) is 42.4 Å². The molecule has 22 heavy (non-hydrogen) atoms. The summed E-state index contributed by atoms with van der Waals surface area (Å²) in [7, 11) is 0. The first-order valence-electron chi connectivity index (χ1n) is 8.22. The Morgan fingerprint density at radius 2 is 2.05 bits per heavy atom. The number of carbonyl (C=O) groups excluding carboxylic acids is 2. The number of fused-ring (bicyclic) bond motifs is 5. The van der Waals surface area contributed by atoms with Crippen LogP contribution in [0, 0.1) is 22.7 Å². The van der Waals surface area contributed by atoms with E-state index in [1.54, 1.807) is 6.08 Å². The molecular formula is C20H22O2.